The second kappa shape index (κ2) is 9.61. The zero-order valence-electron chi connectivity index (χ0n) is 19.1. The van der Waals surface area contributed by atoms with Crippen LogP contribution in [0.3, 0.4) is 0 Å². The molecular formula is C23H32N4O4S2. The molecule has 0 unspecified atom stereocenters. The molecule has 0 atom stereocenters. The third kappa shape index (κ3) is 7.43. The molecule has 2 aromatic carbocycles. The van der Waals surface area contributed by atoms with E-state index in [0.717, 1.165) is 51.8 Å². The van der Waals surface area contributed by atoms with Gasteiger partial charge in [-0.2, -0.15) is 0 Å². The summed E-state index contributed by atoms with van der Waals surface area (Å²) in [6, 6.07) is 15.2. The summed E-state index contributed by atoms with van der Waals surface area (Å²) in [5.41, 5.74) is 3.56. The molecule has 2 fully saturated rings. The van der Waals surface area contributed by atoms with E-state index in [4.69, 9.17) is 0 Å². The maximum Gasteiger partial charge on any atom is 0.229 e. The molecule has 0 radical (unpaired) electrons. The number of hydrogen-bond acceptors (Lipinski definition) is 6. The summed E-state index contributed by atoms with van der Waals surface area (Å²) in [7, 11) is -6.51. The van der Waals surface area contributed by atoms with Crippen molar-refractivity contribution < 1.29 is 16.8 Å². The predicted molar refractivity (Wildman–Crippen MR) is 132 cm³/mol. The maximum atomic E-state index is 11.4. The number of nitrogens with zero attached hydrogens (tertiary/aromatic N) is 2. The van der Waals surface area contributed by atoms with Gasteiger partial charge in [0.1, 0.15) is 0 Å². The Kier molecular flexibility index (Phi) is 6.99. The van der Waals surface area contributed by atoms with Gasteiger partial charge in [0.25, 0.3) is 0 Å². The summed E-state index contributed by atoms with van der Waals surface area (Å²) >= 11 is 0. The molecule has 8 nitrogen and oxygen atoms in total. The predicted octanol–water partition coefficient (Wildman–Crippen LogP) is 2.38. The summed E-state index contributed by atoms with van der Waals surface area (Å²) in [6.07, 6.45) is 3.57. The minimum absolute atomic E-state index is 0.590. The van der Waals surface area contributed by atoms with E-state index in [-0.39, 0.29) is 0 Å². The number of benzene rings is 2. The lowest BCUT2D eigenvalue weighted by Crippen LogP contribution is -2.52. The molecule has 33 heavy (non-hydrogen) atoms. The Labute approximate surface area is 197 Å². The van der Waals surface area contributed by atoms with Crippen LogP contribution in [0, 0.1) is 11.8 Å². The quantitative estimate of drug-likeness (QED) is 0.587. The number of anilines is 2. The Hall–Kier alpha value is -2.14. The van der Waals surface area contributed by atoms with Crippen LogP contribution in [0.1, 0.15) is 17.5 Å². The van der Waals surface area contributed by atoms with Gasteiger partial charge in [-0.05, 0) is 53.6 Å². The Morgan fingerprint density at radius 3 is 1.30 bits per heavy atom. The van der Waals surface area contributed by atoms with Gasteiger partial charge in [0.15, 0.2) is 0 Å². The van der Waals surface area contributed by atoms with Crippen molar-refractivity contribution in [3.8, 4) is 0 Å². The van der Waals surface area contributed by atoms with E-state index in [0.29, 0.717) is 23.2 Å². The summed E-state index contributed by atoms with van der Waals surface area (Å²) in [5, 5.41) is 0. The molecule has 2 N–H and O–H groups in total. The fourth-order valence-corrected chi connectivity index (χ4v) is 6.18. The first kappa shape index (κ1) is 24.0. The molecule has 0 saturated carbocycles. The van der Waals surface area contributed by atoms with Gasteiger partial charge in [0.2, 0.25) is 20.0 Å². The standard InChI is InChI=1S/C23H32N4O4S2/c1-32(28,29)24-22-7-3-18(4-8-22)12-26-14-20-11-21(15-26)17-27(16-20)13-19-5-9-23(10-6-19)25-33(2,30)31/h3-10,20-21,24-25H,11-17H2,1-2H3. The van der Waals surface area contributed by atoms with Crippen LogP contribution < -0.4 is 9.44 Å². The molecule has 2 saturated heterocycles. The van der Waals surface area contributed by atoms with Crippen LogP contribution in [0.4, 0.5) is 11.4 Å². The number of piperidine rings is 2. The molecule has 0 aliphatic carbocycles. The highest BCUT2D eigenvalue weighted by atomic mass is 32.2. The molecule has 2 aromatic rings. The van der Waals surface area contributed by atoms with Gasteiger partial charge < -0.3 is 0 Å². The molecule has 0 spiro atoms. The van der Waals surface area contributed by atoms with E-state index in [1.165, 1.54) is 17.5 Å². The highest BCUT2D eigenvalue weighted by Crippen LogP contribution is 2.30. The monoisotopic (exact) mass is 492 g/mol. The topological polar surface area (TPSA) is 98.8 Å². The third-order valence-electron chi connectivity index (χ3n) is 6.06. The first-order valence-electron chi connectivity index (χ1n) is 11.1. The fourth-order valence-electron chi connectivity index (χ4n) is 5.05. The molecule has 2 bridgehead atoms. The average molecular weight is 493 g/mol. The zero-order valence-corrected chi connectivity index (χ0v) is 20.7. The smallest absolute Gasteiger partial charge is 0.229 e. The highest BCUT2D eigenvalue weighted by molar-refractivity contribution is 7.92. The number of hydrogen-bond donors (Lipinski definition) is 2. The molecule has 10 heteroatoms. The van der Waals surface area contributed by atoms with E-state index in [1.54, 1.807) is 0 Å². The van der Waals surface area contributed by atoms with Crippen LogP contribution in [0.15, 0.2) is 48.5 Å². The van der Waals surface area contributed by atoms with Gasteiger partial charge in [-0.3, -0.25) is 19.2 Å². The summed E-state index contributed by atoms with van der Waals surface area (Å²) in [4.78, 5) is 5.03. The van der Waals surface area contributed by atoms with E-state index in [2.05, 4.69) is 19.2 Å². The molecule has 0 amide bonds. The number of likely N-dealkylation sites (tertiary alicyclic amines) is 2. The molecule has 4 rings (SSSR count). The van der Waals surface area contributed by atoms with Crippen LogP contribution in [0.5, 0.6) is 0 Å². The average Bonchev–Trinajstić information content (AvgIpc) is 2.68. The van der Waals surface area contributed by atoms with Gasteiger partial charge in [-0.15, -0.1) is 0 Å². The normalized spacial score (nSPS) is 22.1. The Morgan fingerprint density at radius 2 is 1.00 bits per heavy atom. The van der Waals surface area contributed by atoms with Gasteiger partial charge in [-0.1, -0.05) is 24.3 Å². The van der Waals surface area contributed by atoms with Crippen molar-refractivity contribution in [2.75, 3.05) is 48.1 Å². The Morgan fingerprint density at radius 1 is 0.667 bits per heavy atom. The van der Waals surface area contributed by atoms with Crippen LogP contribution in [0.2, 0.25) is 0 Å². The Bertz CT molecular complexity index is 1060. The molecule has 2 aliphatic heterocycles. The molecule has 2 aliphatic rings. The fraction of sp³-hybridized carbons (Fsp3) is 0.478. The van der Waals surface area contributed by atoms with Crippen molar-refractivity contribution in [1.29, 1.82) is 0 Å². The second-order valence-corrected chi connectivity index (χ2v) is 13.0. The van der Waals surface area contributed by atoms with E-state index in [1.807, 2.05) is 48.5 Å². The second-order valence-electron chi connectivity index (χ2n) is 9.50. The largest absolute Gasteiger partial charge is 0.298 e. The summed E-state index contributed by atoms with van der Waals surface area (Å²) in [6.45, 7) is 6.00. The van der Waals surface area contributed by atoms with E-state index < -0.39 is 20.0 Å². The molecule has 0 aromatic heterocycles. The minimum Gasteiger partial charge on any atom is -0.298 e. The van der Waals surface area contributed by atoms with E-state index >= 15 is 0 Å². The van der Waals surface area contributed by atoms with Gasteiger partial charge in [-0.25, -0.2) is 16.8 Å². The lowest BCUT2D eigenvalue weighted by molar-refractivity contribution is 0.0242. The van der Waals surface area contributed by atoms with Gasteiger partial charge in [0.05, 0.1) is 12.5 Å². The number of nitrogens with one attached hydrogen (secondary N) is 2. The van der Waals surface area contributed by atoms with Crippen molar-refractivity contribution in [3.63, 3.8) is 0 Å². The SMILES string of the molecule is CS(=O)(=O)Nc1ccc(CN2CC3CC(C2)CN(Cc2ccc(NS(C)(=O)=O)cc2)C3)cc1. The van der Waals surface area contributed by atoms with Crippen LogP contribution in [-0.2, 0) is 33.1 Å². The lowest BCUT2D eigenvalue weighted by atomic mass is 9.84. The van der Waals surface area contributed by atoms with Crippen molar-refractivity contribution in [1.82, 2.24) is 9.80 Å². The molecular weight excluding hydrogens is 460 g/mol. The minimum atomic E-state index is -3.26. The third-order valence-corrected chi connectivity index (χ3v) is 7.27. The first-order chi connectivity index (χ1) is 15.5. The van der Waals surface area contributed by atoms with Crippen LogP contribution in [-0.4, -0.2) is 65.3 Å². The van der Waals surface area contributed by atoms with E-state index in [9.17, 15) is 16.8 Å². The molecule has 180 valence electrons. The van der Waals surface area contributed by atoms with Crippen molar-refractivity contribution >= 4 is 31.4 Å². The van der Waals surface area contributed by atoms with Crippen molar-refractivity contribution in [2.24, 2.45) is 11.8 Å². The lowest BCUT2D eigenvalue weighted by Gasteiger charge is -2.46. The highest BCUT2D eigenvalue weighted by Gasteiger charge is 2.34. The number of sulfonamides is 2. The zero-order chi connectivity index (χ0) is 23.6. The van der Waals surface area contributed by atoms with Crippen LogP contribution in [0.25, 0.3) is 0 Å². The Balaban J connectivity index is 1.29. The van der Waals surface area contributed by atoms with Gasteiger partial charge >= 0.3 is 0 Å². The first-order valence-corrected chi connectivity index (χ1v) is 14.9. The summed E-state index contributed by atoms with van der Waals surface area (Å²) in [5.74, 6) is 1.27. The van der Waals surface area contributed by atoms with Crippen molar-refractivity contribution in [3.05, 3.63) is 59.7 Å². The molecule has 2 heterocycles. The number of rotatable bonds is 8. The number of fused-ring (bicyclic) bond motifs is 2. The van der Waals surface area contributed by atoms with Crippen molar-refractivity contribution in [2.45, 2.75) is 19.5 Å². The maximum absolute atomic E-state index is 11.4. The van der Waals surface area contributed by atoms with Crippen LogP contribution >= 0.6 is 0 Å². The van der Waals surface area contributed by atoms with Gasteiger partial charge in [0, 0.05) is 50.6 Å². The summed E-state index contributed by atoms with van der Waals surface area (Å²) < 4.78 is 50.5.